The van der Waals surface area contributed by atoms with Gasteiger partial charge >= 0.3 is 0 Å². The van der Waals surface area contributed by atoms with E-state index < -0.39 is 20.0 Å². The Morgan fingerprint density at radius 3 is 2.14 bits per heavy atom. The molecule has 9 heteroatoms. The molecule has 0 radical (unpaired) electrons. The van der Waals surface area contributed by atoms with Gasteiger partial charge in [0.2, 0.25) is 20.0 Å². The number of benzene rings is 1. The number of hydrogen-bond donors (Lipinski definition) is 2. The van der Waals surface area contributed by atoms with Crippen molar-refractivity contribution in [3.8, 4) is 0 Å². The lowest BCUT2D eigenvalue weighted by atomic mass is 10.3. The summed E-state index contributed by atoms with van der Waals surface area (Å²) in [5.41, 5.74) is 5.34. The van der Waals surface area contributed by atoms with Crippen LogP contribution >= 0.6 is 0 Å². The van der Waals surface area contributed by atoms with Crippen LogP contribution in [0.2, 0.25) is 0 Å². The Kier molecular flexibility index (Phi) is 6.29. The maximum Gasteiger partial charge on any atom is 0.243 e. The van der Waals surface area contributed by atoms with Gasteiger partial charge in [0.15, 0.2) is 0 Å². The minimum absolute atomic E-state index is 0.218. The van der Waals surface area contributed by atoms with Crippen molar-refractivity contribution >= 4 is 20.0 Å². The van der Waals surface area contributed by atoms with Crippen molar-refractivity contribution in [1.82, 2.24) is 9.03 Å². The molecule has 0 spiro atoms. The molecular formula is C12H21N3O4S2. The van der Waals surface area contributed by atoms with Gasteiger partial charge in [0, 0.05) is 20.6 Å². The predicted molar refractivity (Wildman–Crippen MR) is 80.8 cm³/mol. The fourth-order valence-corrected chi connectivity index (χ4v) is 4.41. The van der Waals surface area contributed by atoms with Crippen molar-refractivity contribution < 1.29 is 16.8 Å². The van der Waals surface area contributed by atoms with Gasteiger partial charge in [-0.3, -0.25) is 0 Å². The summed E-state index contributed by atoms with van der Waals surface area (Å²) in [6.45, 7) is 0.698. The van der Waals surface area contributed by atoms with Gasteiger partial charge in [0.1, 0.15) is 9.79 Å². The van der Waals surface area contributed by atoms with Crippen molar-refractivity contribution in [1.29, 1.82) is 0 Å². The Hall–Kier alpha value is -1.00. The molecule has 120 valence electrons. The van der Waals surface area contributed by atoms with E-state index >= 15 is 0 Å². The Morgan fingerprint density at radius 1 is 1.05 bits per heavy atom. The van der Waals surface area contributed by atoms with Gasteiger partial charge in [-0.25, -0.2) is 25.9 Å². The minimum atomic E-state index is -3.88. The number of sulfonamides is 2. The standard InChI is InChI=1S/C12H21N3O4S2/c1-15(2)21(18,19)12-8-4-3-7-11(12)20(16,17)14-10-6-5-9-13/h3-4,7-8,14H,5-6,9-10,13H2,1-2H3. The first-order valence-corrected chi connectivity index (χ1v) is 9.37. The van der Waals surface area contributed by atoms with E-state index in [-0.39, 0.29) is 16.3 Å². The van der Waals surface area contributed by atoms with Crippen LogP contribution in [0, 0.1) is 0 Å². The summed E-state index contributed by atoms with van der Waals surface area (Å²) in [4.78, 5) is -0.479. The summed E-state index contributed by atoms with van der Waals surface area (Å²) in [6, 6.07) is 5.54. The van der Waals surface area contributed by atoms with E-state index in [1.54, 1.807) is 0 Å². The summed E-state index contributed by atoms with van der Waals surface area (Å²) in [6.07, 6.45) is 1.29. The first kappa shape index (κ1) is 18.1. The van der Waals surface area contributed by atoms with E-state index in [1.807, 2.05) is 0 Å². The lowest BCUT2D eigenvalue weighted by Gasteiger charge is -2.15. The number of hydrogen-bond acceptors (Lipinski definition) is 5. The molecule has 0 heterocycles. The molecule has 0 atom stereocenters. The minimum Gasteiger partial charge on any atom is -0.330 e. The fourth-order valence-electron chi connectivity index (χ4n) is 1.64. The van der Waals surface area contributed by atoms with Crippen LogP contribution in [-0.2, 0) is 20.0 Å². The summed E-state index contributed by atoms with van der Waals surface area (Å²) >= 11 is 0. The van der Waals surface area contributed by atoms with E-state index in [4.69, 9.17) is 5.73 Å². The molecule has 1 rings (SSSR count). The van der Waals surface area contributed by atoms with Crippen molar-refractivity contribution in [2.24, 2.45) is 5.73 Å². The lowest BCUT2D eigenvalue weighted by Crippen LogP contribution is -2.29. The van der Waals surface area contributed by atoms with Crippen LogP contribution in [0.15, 0.2) is 34.1 Å². The molecule has 1 aromatic carbocycles. The summed E-state index contributed by atoms with van der Waals surface area (Å²) in [7, 11) is -5.01. The van der Waals surface area contributed by atoms with Crippen molar-refractivity contribution in [2.75, 3.05) is 27.2 Å². The molecule has 0 fully saturated rings. The zero-order valence-corrected chi connectivity index (χ0v) is 13.7. The molecule has 7 nitrogen and oxygen atoms in total. The Bertz CT molecular complexity index is 669. The van der Waals surface area contributed by atoms with Gasteiger partial charge in [-0.1, -0.05) is 12.1 Å². The van der Waals surface area contributed by atoms with E-state index in [9.17, 15) is 16.8 Å². The first-order chi connectivity index (χ1) is 9.73. The first-order valence-electron chi connectivity index (χ1n) is 6.45. The number of nitrogens with zero attached hydrogens (tertiary/aromatic N) is 1. The molecule has 21 heavy (non-hydrogen) atoms. The van der Waals surface area contributed by atoms with Crippen molar-refractivity contribution in [3.05, 3.63) is 24.3 Å². The Morgan fingerprint density at radius 2 is 1.62 bits per heavy atom. The second kappa shape index (κ2) is 7.32. The van der Waals surface area contributed by atoms with Gasteiger partial charge in [-0.2, -0.15) is 0 Å². The molecule has 0 aliphatic heterocycles. The molecule has 3 N–H and O–H groups in total. The van der Waals surface area contributed by atoms with Gasteiger partial charge in [0.05, 0.1) is 0 Å². The highest BCUT2D eigenvalue weighted by molar-refractivity contribution is 7.92. The fraction of sp³-hybridized carbons (Fsp3) is 0.500. The van der Waals surface area contributed by atoms with Crippen LogP contribution < -0.4 is 10.5 Å². The Labute approximate surface area is 126 Å². The zero-order chi connectivity index (χ0) is 16.1. The largest absolute Gasteiger partial charge is 0.330 e. The average molecular weight is 335 g/mol. The highest BCUT2D eigenvalue weighted by Gasteiger charge is 2.27. The quantitative estimate of drug-likeness (QED) is 0.648. The third-order valence-electron chi connectivity index (χ3n) is 2.82. The van der Waals surface area contributed by atoms with Crippen molar-refractivity contribution in [3.63, 3.8) is 0 Å². The van der Waals surface area contributed by atoms with Gasteiger partial charge in [0.25, 0.3) is 0 Å². The van der Waals surface area contributed by atoms with E-state index in [2.05, 4.69) is 4.72 Å². The molecule has 0 aliphatic carbocycles. The smallest absolute Gasteiger partial charge is 0.243 e. The number of nitrogens with two attached hydrogens (primary N) is 1. The van der Waals surface area contributed by atoms with E-state index in [0.29, 0.717) is 19.4 Å². The van der Waals surface area contributed by atoms with Crippen LogP contribution in [0.4, 0.5) is 0 Å². The highest BCUT2D eigenvalue weighted by atomic mass is 32.2. The molecule has 0 aromatic heterocycles. The van der Waals surface area contributed by atoms with Crippen LogP contribution in [0.1, 0.15) is 12.8 Å². The van der Waals surface area contributed by atoms with Crippen LogP contribution in [0.5, 0.6) is 0 Å². The number of nitrogens with one attached hydrogen (secondary N) is 1. The van der Waals surface area contributed by atoms with Crippen LogP contribution in [-0.4, -0.2) is 48.3 Å². The maximum atomic E-state index is 12.3. The molecule has 0 saturated carbocycles. The van der Waals surface area contributed by atoms with Gasteiger partial charge in [-0.15, -0.1) is 0 Å². The molecule has 0 aliphatic rings. The number of unbranched alkanes of at least 4 members (excludes halogenated alkanes) is 1. The zero-order valence-electron chi connectivity index (χ0n) is 12.1. The molecule has 0 amide bonds. The monoisotopic (exact) mass is 335 g/mol. The average Bonchev–Trinajstić information content (AvgIpc) is 2.43. The molecule has 0 saturated heterocycles. The second-order valence-corrected chi connectivity index (χ2v) is 8.48. The normalized spacial score (nSPS) is 12.8. The SMILES string of the molecule is CN(C)S(=O)(=O)c1ccccc1S(=O)(=O)NCCCCN. The lowest BCUT2D eigenvalue weighted by molar-refractivity contribution is 0.516. The van der Waals surface area contributed by atoms with Crippen molar-refractivity contribution in [2.45, 2.75) is 22.6 Å². The Balaban J connectivity index is 3.14. The molecule has 0 unspecified atom stereocenters. The maximum absolute atomic E-state index is 12.3. The third kappa shape index (κ3) is 4.48. The summed E-state index contributed by atoms with van der Waals surface area (Å²) in [5.74, 6) is 0. The summed E-state index contributed by atoms with van der Waals surface area (Å²) < 4.78 is 52.3. The van der Waals surface area contributed by atoms with Gasteiger partial charge in [-0.05, 0) is 31.5 Å². The highest BCUT2D eigenvalue weighted by Crippen LogP contribution is 2.22. The van der Waals surface area contributed by atoms with E-state index in [1.165, 1.54) is 38.4 Å². The van der Waals surface area contributed by atoms with Crippen LogP contribution in [0.3, 0.4) is 0 Å². The van der Waals surface area contributed by atoms with Gasteiger partial charge < -0.3 is 5.73 Å². The second-order valence-electron chi connectivity index (χ2n) is 4.63. The molecular weight excluding hydrogens is 314 g/mol. The molecule has 0 bridgehead atoms. The molecule has 1 aromatic rings. The topological polar surface area (TPSA) is 110 Å². The van der Waals surface area contributed by atoms with Crippen LogP contribution in [0.25, 0.3) is 0 Å². The van der Waals surface area contributed by atoms with E-state index in [0.717, 1.165) is 4.31 Å². The third-order valence-corrected chi connectivity index (χ3v) is 6.34. The summed E-state index contributed by atoms with van der Waals surface area (Å²) in [5, 5.41) is 0. The predicted octanol–water partition coefficient (Wildman–Crippen LogP) is -0.0459. The number of rotatable bonds is 8.